The number of nitrogens with one attached hydrogen (secondary N) is 1. The molecule has 26 heavy (non-hydrogen) atoms. The van der Waals surface area contributed by atoms with E-state index in [2.05, 4.69) is 15.2 Å². The summed E-state index contributed by atoms with van der Waals surface area (Å²) in [6.07, 6.45) is 3.89. The maximum atomic E-state index is 13.2. The van der Waals surface area contributed by atoms with E-state index in [1.807, 2.05) is 23.1 Å². The van der Waals surface area contributed by atoms with Crippen molar-refractivity contribution in [2.24, 2.45) is 0 Å². The highest BCUT2D eigenvalue weighted by molar-refractivity contribution is 5.83. The summed E-state index contributed by atoms with van der Waals surface area (Å²) in [5.41, 5.74) is 1.87. The number of nitrogens with zero attached hydrogens (tertiary/aromatic N) is 3. The third kappa shape index (κ3) is 3.85. The van der Waals surface area contributed by atoms with E-state index in [1.54, 1.807) is 18.3 Å². The van der Waals surface area contributed by atoms with Gasteiger partial charge in [-0.3, -0.25) is 9.78 Å². The second kappa shape index (κ2) is 7.41. The van der Waals surface area contributed by atoms with Gasteiger partial charge in [-0.2, -0.15) is 0 Å². The monoisotopic (exact) mass is 354 g/mol. The lowest BCUT2D eigenvalue weighted by molar-refractivity contribution is -0.134. The summed E-state index contributed by atoms with van der Waals surface area (Å²) in [7, 11) is 0. The molecule has 1 aliphatic heterocycles. The standard InChI is InChI=1S/C20H23FN4O/c21-15-4-6-17(7-5-15)24-12-11-23-19(14-24)20(26)25(18-8-9-18)13-16-3-1-2-10-22-16/h1-7,10,18-19,23H,8-9,11-14H2. The summed E-state index contributed by atoms with van der Waals surface area (Å²) in [5.74, 6) is -0.114. The molecule has 1 N–H and O–H groups in total. The number of aromatic nitrogens is 1. The van der Waals surface area contributed by atoms with Crippen LogP contribution in [0.4, 0.5) is 10.1 Å². The zero-order valence-corrected chi connectivity index (χ0v) is 14.6. The highest BCUT2D eigenvalue weighted by Crippen LogP contribution is 2.29. The van der Waals surface area contributed by atoms with Crippen LogP contribution in [0.1, 0.15) is 18.5 Å². The fourth-order valence-electron chi connectivity index (χ4n) is 3.44. The van der Waals surface area contributed by atoms with Crippen LogP contribution in [0.15, 0.2) is 48.7 Å². The summed E-state index contributed by atoms with van der Waals surface area (Å²) in [6.45, 7) is 2.68. The maximum Gasteiger partial charge on any atom is 0.242 e. The van der Waals surface area contributed by atoms with Crippen molar-refractivity contribution < 1.29 is 9.18 Å². The zero-order valence-electron chi connectivity index (χ0n) is 14.6. The number of anilines is 1. The first-order valence-electron chi connectivity index (χ1n) is 9.15. The Hall–Kier alpha value is -2.47. The van der Waals surface area contributed by atoms with Crippen LogP contribution in [0, 0.1) is 5.82 Å². The normalized spacial score (nSPS) is 20.0. The quantitative estimate of drug-likeness (QED) is 0.894. The molecule has 0 spiro atoms. The van der Waals surface area contributed by atoms with E-state index in [0.29, 0.717) is 19.1 Å². The fourth-order valence-corrected chi connectivity index (χ4v) is 3.44. The van der Waals surface area contributed by atoms with Gasteiger partial charge in [-0.05, 0) is 49.2 Å². The highest BCUT2D eigenvalue weighted by Gasteiger charge is 2.37. The average molecular weight is 354 g/mol. The van der Waals surface area contributed by atoms with E-state index >= 15 is 0 Å². The molecule has 1 saturated heterocycles. The van der Waals surface area contributed by atoms with Crippen molar-refractivity contribution in [2.75, 3.05) is 24.5 Å². The number of carbonyl (C=O) groups excluding carboxylic acids is 1. The number of benzene rings is 1. The van der Waals surface area contributed by atoms with Gasteiger partial charge < -0.3 is 15.1 Å². The Morgan fingerprint density at radius 3 is 2.73 bits per heavy atom. The molecule has 1 amide bonds. The third-order valence-corrected chi connectivity index (χ3v) is 4.99. The number of amides is 1. The molecule has 2 fully saturated rings. The van der Waals surface area contributed by atoms with E-state index in [1.165, 1.54) is 12.1 Å². The Morgan fingerprint density at radius 2 is 2.04 bits per heavy atom. The molecular formula is C20H23FN4O. The van der Waals surface area contributed by atoms with Crippen LogP contribution in [0.3, 0.4) is 0 Å². The molecule has 1 aromatic carbocycles. The largest absolute Gasteiger partial charge is 0.368 e. The van der Waals surface area contributed by atoms with Crippen molar-refractivity contribution in [3.05, 3.63) is 60.2 Å². The minimum atomic E-state index is -0.252. The van der Waals surface area contributed by atoms with Crippen molar-refractivity contribution in [3.8, 4) is 0 Å². The van der Waals surface area contributed by atoms with Crippen molar-refractivity contribution in [3.63, 3.8) is 0 Å². The van der Waals surface area contributed by atoms with E-state index in [9.17, 15) is 9.18 Å². The van der Waals surface area contributed by atoms with Gasteiger partial charge in [-0.1, -0.05) is 6.07 Å². The van der Waals surface area contributed by atoms with Gasteiger partial charge in [0.1, 0.15) is 11.9 Å². The lowest BCUT2D eigenvalue weighted by Gasteiger charge is -2.37. The number of rotatable bonds is 5. The van der Waals surface area contributed by atoms with Crippen molar-refractivity contribution in [1.29, 1.82) is 0 Å². The smallest absolute Gasteiger partial charge is 0.242 e. The first kappa shape index (κ1) is 17.0. The minimum Gasteiger partial charge on any atom is -0.368 e. The first-order valence-corrected chi connectivity index (χ1v) is 9.15. The topological polar surface area (TPSA) is 48.5 Å². The second-order valence-electron chi connectivity index (χ2n) is 6.95. The minimum absolute atomic E-state index is 0.130. The Labute approximate surface area is 152 Å². The molecule has 6 heteroatoms. The van der Waals surface area contributed by atoms with Gasteiger partial charge in [-0.25, -0.2) is 4.39 Å². The van der Waals surface area contributed by atoms with Gasteiger partial charge in [0.05, 0.1) is 12.2 Å². The molecule has 2 aliphatic rings. The number of carbonyl (C=O) groups is 1. The molecule has 1 aliphatic carbocycles. The van der Waals surface area contributed by atoms with Crippen LogP contribution >= 0.6 is 0 Å². The molecule has 1 aromatic heterocycles. The molecular weight excluding hydrogens is 331 g/mol. The van der Waals surface area contributed by atoms with Gasteiger partial charge in [0, 0.05) is 37.6 Å². The van der Waals surface area contributed by atoms with Gasteiger partial charge in [0.25, 0.3) is 0 Å². The predicted molar refractivity (Wildman–Crippen MR) is 98.2 cm³/mol. The molecule has 0 bridgehead atoms. The Bertz CT molecular complexity index is 748. The molecule has 136 valence electrons. The maximum absolute atomic E-state index is 13.2. The highest BCUT2D eigenvalue weighted by atomic mass is 19.1. The summed E-state index contributed by atoms with van der Waals surface area (Å²) in [5, 5.41) is 3.35. The van der Waals surface area contributed by atoms with E-state index < -0.39 is 0 Å². The third-order valence-electron chi connectivity index (χ3n) is 4.99. The van der Waals surface area contributed by atoms with Crippen molar-refractivity contribution >= 4 is 11.6 Å². The van der Waals surface area contributed by atoms with E-state index in [4.69, 9.17) is 0 Å². The summed E-state index contributed by atoms with van der Waals surface area (Å²) < 4.78 is 13.2. The number of hydrogen-bond acceptors (Lipinski definition) is 4. The summed E-state index contributed by atoms with van der Waals surface area (Å²) >= 11 is 0. The van der Waals surface area contributed by atoms with Crippen LogP contribution in [-0.2, 0) is 11.3 Å². The van der Waals surface area contributed by atoms with E-state index in [-0.39, 0.29) is 17.8 Å². The second-order valence-corrected chi connectivity index (χ2v) is 6.95. The van der Waals surface area contributed by atoms with Crippen molar-refractivity contribution in [2.45, 2.75) is 31.5 Å². The average Bonchev–Trinajstić information content (AvgIpc) is 3.52. The van der Waals surface area contributed by atoms with Gasteiger partial charge in [0.2, 0.25) is 5.91 Å². The van der Waals surface area contributed by atoms with Gasteiger partial charge in [-0.15, -0.1) is 0 Å². The number of piperazine rings is 1. The molecule has 4 rings (SSSR count). The summed E-state index contributed by atoms with van der Waals surface area (Å²) in [6, 6.07) is 12.3. The van der Waals surface area contributed by atoms with Gasteiger partial charge >= 0.3 is 0 Å². The van der Waals surface area contributed by atoms with Gasteiger partial charge in [0.15, 0.2) is 0 Å². The van der Waals surface area contributed by atoms with Crippen molar-refractivity contribution in [1.82, 2.24) is 15.2 Å². The molecule has 1 saturated carbocycles. The fraction of sp³-hybridized carbons (Fsp3) is 0.400. The predicted octanol–water partition coefficient (Wildman–Crippen LogP) is 2.19. The Kier molecular flexibility index (Phi) is 4.84. The SMILES string of the molecule is O=C(C1CN(c2ccc(F)cc2)CCN1)N(Cc1ccccn1)C1CC1. The van der Waals surface area contributed by atoms with Crippen LogP contribution in [0.25, 0.3) is 0 Å². The molecule has 1 unspecified atom stereocenters. The van der Waals surface area contributed by atoms with Crippen LogP contribution in [0.5, 0.6) is 0 Å². The first-order chi connectivity index (χ1) is 12.7. The summed E-state index contributed by atoms with van der Waals surface area (Å²) in [4.78, 5) is 21.6. The van der Waals surface area contributed by atoms with Crippen LogP contribution in [-0.4, -0.2) is 47.5 Å². The lowest BCUT2D eigenvalue weighted by atomic mass is 10.1. The number of hydrogen-bond donors (Lipinski definition) is 1. The molecule has 5 nitrogen and oxygen atoms in total. The molecule has 0 radical (unpaired) electrons. The molecule has 2 heterocycles. The number of pyridine rings is 1. The zero-order chi connectivity index (χ0) is 17.9. The number of halogens is 1. The Morgan fingerprint density at radius 1 is 1.23 bits per heavy atom. The molecule has 1 atom stereocenters. The van der Waals surface area contributed by atoms with Crippen LogP contribution < -0.4 is 10.2 Å². The van der Waals surface area contributed by atoms with E-state index in [0.717, 1.165) is 37.3 Å². The Balaban J connectivity index is 1.46. The molecule has 2 aromatic rings. The lowest BCUT2D eigenvalue weighted by Crippen LogP contribution is -2.58. The van der Waals surface area contributed by atoms with Crippen LogP contribution in [0.2, 0.25) is 0 Å².